The first-order chi connectivity index (χ1) is 9.25. The molecule has 2 nitrogen and oxygen atoms in total. The molecular formula is C15H20BrNOS. The Balaban J connectivity index is 1.68. The SMILES string of the molecule is O=C(CCSC1CCCCC1)Nc1ccccc1Br. The molecule has 104 valence electrons. The summed E-state index contributed by atoms with van der Waals surface area (Å²) in [6.45, 7) is 0. The zero-order chi connectivity index (χ0) is 13.5. The van der Waals surface area contributed by atoms with Gasteiger partial charge in [-0.15, -0.1) is 0 Å². The maximum atomic E-state index is 11.9. The normalized spacial score (nSPS) is 16.3. The first-order valence-corrected chi connectivity index (χ1v) is 8.76. The quantitative estimate of drug-likeness (QED) is 0.829. The number of hydrogen-bond donors (Lipinski definition) is 1. The number of halogens is 1. The molecule has 0 radical (unpaired) electrons. The summed E-state index contributed by atoms with van der Waals surface area (Å²) < 4.78 is 0.934. The third kappa shape index (κ3) is 5.19. The van der Waals surface area contributed by atoms with Crippen LogP contribution in [0.4, 0.5) is 5.69 Å². The fourth-order valence-corrected chi connectivity index (χ4v) is 4.01. The van der Waals surface area contributed by atoms with Gasteiger partial charge in [0.05, 0.1) is 5.69 Å². The van der Waals surface area contributed by atoms with Gasteiger partial charge >= 0.3 is 0 Å². The van der Waals surface area contributed by atoms with E-state index in [9.17, 15) is 4.79 Å². The molecule has 0 saturated heterocycles. The van der Waals surface area contributed by atoms with E-state index in [2.05, 4.69) is 21.2 Å². The Labute approximate surface area is 127 Å². The minimum atomic E-state index is 0.107. The molecular weight excluding hydrogens is 322 g/mol. The molecule has 4 heteroatoms. The van der Waals surface area contributed by atoms with Gasteiger partial charge < -0.3 is 5.32 Å². The molecule has 0 bridgehead atoms. The maximum absolute atomic E-state index is 11.9. The van der Waals surface area contributed by atoms with E-state index >= 15 is 0 Å². The summed E-state index contributed by atoms with van der Waals surface area (Å²) in [6.07, 6.45) is 7.37. The molecule has 0 aliphatic heterocycles. The summed E-state index contributed by atoms with van der Waals surface area (Å²) in [5, 5.41) is 3.73. The molecule has 0 unspecified atom stereocenters. The molecule has 0 aromatic heterocycles. The average molecular weight is 342 g/mol. The van der Waals surface area contributed by atoms with Gasteiger partial charge in [0.25, 0.3) is 0 Å². The number of para-hydroxylation sites is 1. The first kappa shape index (κ1) is 14.9. The van der Waals surface area contributed by atoms with Crippen LogP contribution in [0.2, 0.25) is 0 Å². The van der Waals surface area contributed by atoms with Crippen molar-refractivity contribution in [3.63, 3.8) is 0 Å². The van der Waals surface area contributed by atoms with Crippen molar-refractivity contribution >= 4 is 39.3 Å². The van der Waals surface area contributed by atoms with Crippen LogP contribution in [0.25, 0.3) is 0 Å². The van der Waals surface area contributed by atoms with Gasteiger partial charge in [0, 0.05) is 21.9 Å². The Kier molecular flexibility index (Phi) is 6.24. The molecule has 0 atom stereocenters. The van der Waals surface area contributed by atoms with Gasteiger partial charge in [0.1, 0.15) is 0 Å². The van der Waals surface area contributed by atoms with Crippen LogP contribution < -0.4 is 5.32 Å². The lowest BCUT2D eigenvalue weighted by Gasteiger charge is -2.20. The molecule has 1 aliphatic carbocycles. The lowest BCUT2D eigenvalue weighted by Crippen LogP contribution is -2.14. The molecule has 1 N–H and O–H groups in total. The van der Waals surface area contributed by atoms with Gasteiger partial charge in [-0.3, -0.25) is 4.79 Å². The highest BCUT2D eigenvalue weighted by Gasteiger charge is 2.14. The van der Waals surface area contributed by atoms with E-state index in [1.54, 1.807) is 0 Å². The largest absolute Gasteiger partial charge is 0.325 e. The summed E-state index contributed by atoms with van der Waals surface area (Å²) >= 11 is 5.40. The molecule has 1 saturated carbocycles. The van der Waals surface area contributed by atoms with Crippen LogP contribution in [-0.4, -0.2) is 16.9 Å². The van der Waals surface area contributed by atoms with Gasteiger partial charge in [-0.2, -0.15) is 11.8 Å². The Bertz CT molecular complexity index is 418. The van der Waals surface area contributed by atoms with Crippen molar-refractivity contribution < 1.29 is 4.79 Å². The van der Waals surface area contributed by atoms with E-state index in [1.807, 2.05) is 36.0 Å². The van der Waals surface area contributed by atoms with Gasteiger partial charge in [-0.25, -0.2) is 0 Å². The van der Waals surface area contributed by atoms with Crippen molar-refractivity contribution in [2.75, 3.05) is 11.1 Å². The van der Waals surface area contributed by atoms with Crippen LogP contribution in [0.1, 0.15) is 38.5 Å². The molecule has 1 fully saturated rings. The number of benzene rings is 1. The van der Waals surface area contributed by atoms with Crippen molar-refractivity contribution in [3.8, 4) is 0 Å². The third-order valence-electron chi connectivity index (χ3n) is 3.38. The molecule has 0 spiro atoms. The Morgan fingerprint density at radius 3 is 2.74 bits per heavy atom. The lowest BCUT2D eigenvalue weighted by atomic mass is 10.0. The Morgan fingerprint density at radius 1 is 1.26 bits per heavy atom. The second-order valence-electron chi connectivity index (χ2n) is 4.91. The standard InChI is InChI=1S/C15H20BrNOS/c16-13-8-4-5-9-14(13)17-15(18)10-11-19-12-6-2-1-3-7-12/h4-5,8-9,12H,1-3,6-7,10-11H2,(H,17,18). The number of anilines is 1. The number of rotatable bonds is 5. The van der Waals surface area contributed by atoms with E-state index in [0.29, 0.717) is 6.42 Å². The number of nitrogens with one attached hydrogen (secondary N) is 1. The zero-order valence-corrected chi connectivity index (χ0v) is 13.4. The lowest BCUT2D eigenvalue weighted by molar-refractivity contribution is -0.115. The van der Waals surface area contributed by atoms with Crippen molar-refractivity contribution in [2.45, 2.75) is 43.8 Å². The smallest absolute Gasteiger partial charge is 0.225 e. The minimum Gasteiger partial charge on any atom is -0.325 e. The van der Waals surface area contributed by atoms with Crippen LogP contribution >= 0.6 is 27.7 Å². The number of amides is 1. The monoisotopic (exact) mass is 341 g/mol. The number of hydrogen-bond acceptors (Lipinski definition) is 2. The van der Waals surface area contributed by atoms with E-state index in [4.69, 9.17) is 0 Å². The van der Waals surface area contributed by atoms with Crippen LogP contribution in [0.15, 0.2) is 28.7 Å². The third-order valence-corrected chi connectivity index (χ3v) is 5.46. The van der Waals surface area contributed by atoms with Crippen LogP contribution in [-0.2, 0) is 4.79 Å². The summed E-state index contributed by atoms with van der Waals surface area (Å²) in [5.74, 6) is 1.04. The topological polar surface area (TPSA) is 29.1 Å². The molecule has 0 heterocycles. The highest BCUT2D eigenvalue weighted by atomic mass is 79.9. The second kappa shape index (κ2) is 7.95. The molecule has 1 aromatic rings. The number of carbonyl (C=O) groups excluding carboxylic acids is 1. The number of carbonyl (C=O) groups is 1. The van der Waals surface area contributed by atoms with Crippen LogP contribution in [0.3, 0.4) is 0 Å². The predicted molar refractivity (Wildman–Crippen MR) is 86.7 cm³/mol. The van der Waals surface area contributed by atoms with E-state index in [-0.39, 0.29) is 5.91 Å². The highest BCUT2D eigenvalue weighted by molar-refractivity contribution is 9.10. The van der Waals surface area contributed by atoms with Crippen molar-refractivity contribution in [1.29, 1.82) is 0 Å². The van der Waals surface area contributed by atoms with Crippen LogP contribution in [0.5, 0.6) is 0 Å². The Morgan fingerprint density at radius 2 is 2.00 bits per heavy atom. The summed E-state index contributed by atoms with van der Waals surface area (Å²) in [6, 6.07) is 7.72. The average Bonchev–Trinajstić information content (AvgIpc) is 2.43. The minimum absolute atomic E-state index is 0.107. The number of thioether (sulfide) groups is 1. The molecule has 2 rings (SSSR count). The van der Waals surface area contributed by atoms with E-state index in [1.165, 1.54) is 32.1 Å². The second-order valence-corrected chi connectivity index (χ2v) is 7.17. The van der Waals surface area contributed by atoms with Gasteiger partial charge in [-0.1, -0.05) is 31.4 Å². The maximum Gasteiger partial charge on any atom is 0.225 e. The molecule has 1 aliphatic rings. The highest BCUT2D eigenvalue weighted by Crippen LogP contribution is 2.28. The van der Waals surface area contributed by atoms with E-state index < -0.39 is 0 Å². The fourth-order valence-electron chi connectivity index (χ4n) is 2.33. The summed E-state index contributed by atoms with van der Waals surface area (Å²) in [4.78, 5) is 11.9. The zero-order valence-electron chi connectivity index (χ0n) is 11.0. The summed E-state index contributed by atoms with van der Waals surface area (Å²) in [5.41, 5.74) is 0.857. The van der Waals surface area contributed by atoms with Crippen molar-refractivity contribution in [2.24, 2.45) is 0 Å². The molecule has 1 aromatic carbocycles. The van der Waals surface area contributed by atoms with E-state index in [0.717, 1.165) is 21.2 Å². The first-order valence-electron chi connectivity index (χ1n) is 6.91. The Hall–Kier alpha value is -0.480. The van der Waals surface area contributed by atoms with Crippen molar-refractivity contribution in [3.05, 3.63) is 28.7 Å². The van der Waals surface area contributed by atoms with Gasteiger partial charge in [0.2, 0.25) is 5.91 Å². The van der Waals surface area contributed by atoms with Gasteiger partial charge in [-0.05, 0) is 40.9 Å². The van der Waals surface area contributed by atoms with Gasteiger partial charge in [0.15, 0.2) is 0 Å². The molecule has 1 amide bonds. The molecule has 19 heavy (non-hydrogen) atoms. The fraction of sp³-hybridized carbons (Fsp3) is 0.533. The van der Waals surface area contributed by atoms with Crippen molar-refractivity contribution in [1.82, 2.24) is 0 Å². The predicted octanol–water partition coefficient (Wildman–Crippen LogP) is 4.84. The summed E-state index contributed by atoms with van der Waals surface area (Å²) in [7, 11) is 0. The van der Waals surface area contributed by atoms with Crippen LogP contribution in [0, 0.1) is 0 Å².